The lowest BCUT2D eigenvalue weighted by atomic mass is 10.1. The minimum Gasteiger partial charge on any atom is -0.504 e. The van der Waals surface area contributed by atoms with Gasteiger partial charge in [-0.3, -0.25) is 9.59 Å². The molecule has 148 valence electrons. The summed E-state index contributed by atoms with van der Waals surface area (Å²) in [5.41, 5.74) is -1.79. The molecule has 1 heterocycles. The molecule has 0 fully saturated rings. The zero-order valence-electron chi connectivity index (χ0n) is 14.5. The van der Waals surface area contributed by atoms with Crippen LogP contribution in [0.15, 0.2) is 50.9 Å². The second-order valence-corrected chi connectivity index (χ2v) is 8.67. The molecule has 0 unspecified atom stereocenters. The lowest BCUT2D eigenvalue weighted by Crippen LogP contribution is -2.35. The molecule has 0 saturated heterocycles. The number of halogens is 2. The van der Waals surface area contributed by atoms with Crippen LogP contribution in [0.25, 0.3) is 6.08 Å². The van der Waals surface area contributed by atoms with E-state index in [1.807, 2.05) is 0 Å². The second kappa shape index (κ2) is 6.71. The van der Waals surface area contributed by atoms with Gasteiger partial charge in [-0.1, -0.05) is 35.9 Å². The highest BCUT2D eigenvalue weighted by molar-refractivity contribution is 7.91. The Bertz CT molecular complexity index is 1370. The first-order valence-electron chi connectivity index (χ1n) is 8.27. The van der Waals surface area contributed by atoms with Crippen LogP contribution in [0.2, 0.25) is 5.02 Å². The molecule has 3 aromatic carbocycles. The van der Waals surface area contributed by atoms with Gasteiger partial charge in [-0.15, -0.1) is 0 Å². The van der Waals surface area contributed by atoms with Gasteiger partial charge in [-0.2, -0.15) is 0 Å². The normalized spacial score (nSPS) is 14.6. The highest BCUT2D eigenvalue weighted by Crippen LogP contribution is 2.39. The fraction of sp³-hybridized carbons (Fsp3) is 0.0526. The van der Waals surface area contributed by atoms with Crippen molar-refractivity contribution in [2.45, 2.75) is 4.90 Å². The molecule has 0 bridgehead atoms. The molecule has 0 atom stereocenters. The highest BCUT2D eigenvalue weighted by atomic mass is 35.5. The molecule has 29 heavy (non-hydrogen) atoms. The summed E-state index contributed by atoms with van der Waals surface area (Å²) in [4.78, 5) is 23.7. The highest BCUT2D eigenvalue weighted by Gasteiger charge is 2.28. The quantitative estimate of drug-likeness (QED) is 0.427. The van der Waals surface area contributed by atoms with Crippen LogP contribution in [0, 0.1) is 5.82 Å². The topological polar surface area (TPSA) is 113 Å². The lowest BCUT2D eigenvalue weighted by molar-refractivity contribution is 0.461. The SMILES string of the molecule is O=c1c(Nc2ccc3c(c2O)S(=O)(=O)CC=C3)c(Nc2cccc(F)c2Cl)c1=O. The standard InChI is InChI=1S/C19H12ClFN2O5S/c20-13-10(21)4-1-5-11(13)22-14-15(18(26)17(14)25)23-12-7-6-9-3-2-8-29(27,28)19(9)16(12)24/h1-7,22-24H,8H2. The molecular formula is C19H12ClFN2O5S. The number of phenols is 1. The number of phenolic OH excluding ortho intramolecular Hbond substituents is 1. The number of fused-ring (bicyclic) bond motifs is 1. The van der Waals surface area contributed by atoms with Crippen LogP contribution < -0.4 is 21.5 Å². The smallest absolute Gasteiger partial charge is 0.253 e. The first-order valence-corrected chi connectivity index (χ1v) is 10.3. The van der Waals surface area contributed by atoms with Crippen LogP contribution >= 0.6 is 11.6 Å². The van der Waals surface area contributed by atoms with Gasteiger partial charge in [0.2, 0.25) is 0 Å². The lowest BCUT2D eigenvalue weighted by Gasteiger charge is -2.19. The third-order valence-corrected chi connectivity index (χ3v) is 6.53. The molecule has 7 nitrogen and oxygen atoms in total. The van der Waals surface area contributed by atoms with Crippen molar-refractivity contribution < 1.29 is 17.9 Å². The molecular weight excluding hydrogens is 423 g/mol. The zero-order valence-corrected chi connectivity index (χ0v) is 16.1. The van der Waals surface area contributed by atoms with Crippen LogP contribution in [-0.4, -0.2) is 19.3 Å². The van der Waals surface area contributed by atoms with Crippen LogP contribution in [0.1, 0.15) is 5.56 Å². The number of hydrogen-bond acceptors (Lipinski definition) is 7. The Morgan fingerprint density at radius 1 is 1.00 bits per heavy atom. The molecule has 0 aromatic heterocycles. The molecule has 3 aromatic rings. The summed E-state index contributed by atoms with van der Waals surface area (Å²) in [6, 6.07) is 6.77. The van der Waals surface area contributed by atoms with Crippen molar-refractivity contribution in [2.75, 3.05) is 16.4 Å². The summed E-state index contributed by atoms with van der Waals surface area (Å²) >= 11 is 5.86. The van der Waals surface area contributed by atoms with E-state index in [2.05, 4.69) is 10.6 Å². The van der Waals surface area contributed by atoms with E-state index >= 15 is 0 Å². The molecule has 0 saturated carbocycles. The molecule has 3 N–H and O–H groups in total. The van der Waals surface area contributed by atoms with Gasteiger partial charge >= 0.3 is 0 Å². The Hall–Kier alpha value is -3.17. The van der Waals surface area contributed by atoms with Gasteiger partial charge in [0.05, 0.1) is 22.2 Å². The van der Waals surface area contributed by atoms with Gasteiger partial charge in [0.25, 0.3) is 10.9 Å². The van der Waals surface area contributed by atoms with E-state index in [4.69, 9.17) is 11.6 Å². The zero-order chi connectivity index (χ0) is 20.9. The first kappa shape index (κ1) is 19.2. The van der Waals surface area contributed by atoms with E-state index in [1.165, 1.54) is 30.3 Å². The summed E-state index contributed by atoms with van der Waals surface area (Å²) in [6.45, 7) is 0. The van der Waals surface area contributed by atoms with Crippen molar-refractivity contribution in [3.63, 3.8) is 0 Å². The van der Waals surface area contributed by atoms with E-state index in [9.17, 15) is 27.5 Å². The van der Waals surface area contributed by atoms with Crippen molar-refractivity contribution in [3.8, 4) is 5.75 Å². The third-order valence-electron chi connectivity index (χ3n) is 4.47. The Morgan fingerprint density at radius 3 is 2.34 bits per heavy atom. The largest absolute Gasteiger partial charge is 0.504 e. The van der Waals surface area contributed by atoms with Gasteiger partial charge in [-0.05, 0) is 23.8 Å². The summed E-state index contributed by atoms with van der Waals surface area (Å²) in [6.07, 6.45) is 3.03. The summed E-state index contributed by atoms with van der Waals surface area (Å²) in [5, 5.41) is 15.4. The fourth-order valence-corrected chi connectivity index (χ4v) is 4.62. The Labute approximate surface area is 168 Å². The van der Waals surface area contributed by atoms with Crippen molar-refractivity contribution in [2.24, 2.45) is 0 Å². The van der Waals surface area contributed by atoms with E-state index < -0.39 is 32.3 Å². The van der Waals surface area contributed by atoms with Crippen LogP contribution in [0.4, 0.5) is 27.1 Å². The van der Waals surface area contributed by atoms with Crippen molar-refractivity contribution in [3.05, 3.63) is 73.3 Å². The van der Waals surface area contributed by atoms with Crippen LogP contribution in [0.3, 0.4) is 0 Å². The van der Waals surface area contributed by atoms with Crippen LogP contribution in [-0.2, 0) is 9.84 Å². The van der Waals surface area contributed by atoms with Gasteiger partial charge in [0.1, 0.15) is 22.1 Å². The van der Waals surface area contributed by atoms with Crippen molar-refractivity contribution in [1.82, 2.24) is 0 Å². The number of benzene rings is 2. The second-order valence-electron chi connectivity index (χ2n) is 6.32. The minimum atomic E-state index is -3.74. The van der Waals surface area contributed by atoms with Crippen LogP contribution in [0.5, 0.6) is 5.75 Å². The molecule has 0 aliphatic carbocycles. The third kappa shape index (κ3) is 3.08. The van der Waals surface area contributed by atoms with Gasteiger partial charge in [0, 0.05) is 0 Å². The average molecular weight is 435 g/mol. The maximum absolute atomic E-state index is 13.6. The Balaban J connectivity index is 1.73. The first-order chi connectivity index (χ1) is 13.7. The van der Waals surface area contributed by atoms with Gasteiger partial charge < -0.3 is 15.7 Å². The fourth-order valence-electron chi connectivity index (χ4n) is 3.03. The molecule has 10 heteroatoms. The Kier molecular flexibility index (Phi) is 4.44. The number of hydrogen-bond donors (Lipinski definition) is 3. The van der Waals surface area contributed by atoms with Crippen molar-refractivity contribution in [1.29, 1.82) is 0 Å². The number of nitrogens with one attached hydrogen (secondary N) is 2. The number of aromatic hydroxyl groups is 1. The van der Waals surface area contributed by atoms with Crippen molar-refractivity contribution >= 4 is 50.3 Å². The predicted octanol–water partition coefficient (Wildman–Crippen LogP) is 3.07. The molecule has 0 amide bonds. The molecule has 1 aliphatic heterocycles. The minimum absolute atomic E-state index is 0.0666. The van der Waals surface area contributed by atoms with E-state index in [-0.39, 0.29) is 38.4 Å². The summed E-state index contributed by atoms with van der Waals surface area (Å²) in [7, 11) is -3.74. The average Bonchev–Trinajstić information content (AvgIpc) is 2.68. The maximum atomic E-state index is 13.6. The van der Waals surface area contributed by atoms with Gasteiger partial charge in [-0.25, -0.2) is 12.8 Å². The number of anilines is 4. The van der Waals surface area contributed by atoms with Gasteiger partial charge in [0.15, 0.2) is 15.6 Å². The monoisotopic (exact) mass is 434 g/mol. The molecule has 1 aliphatic rings. The maximum Gasteiger partial charge on any atom is 0.253 e. The molecule has 4 rings (SSSR count). The predicted molar refractivity (Wildman–Crippen MR) is 109 cm³/mol. The number of sulfone groups is 1. The molecule has 0 radical (unpaired) electrons. The van der Waals surface area contributed by atoms with E-state index in [0.717, 1.165) is 6.07 Å². The Morgan fingerprint density at radius 2 is 1.66 bits per heavy atom. The van der Waals surface area contributed by atoms with E-state index in [0.29, 0.717) is 5.56 Å². The summed E-state index contributed by atoms with van der Waals surface area (Å²) in [5.74, 6) is -1.53. The number of rotatable bonds is 4. The molecule has 0 spiro atoms. The van der Waals surface area contributed by atoms with E-state index in [1.54, 1.807) is 6.08 Å². The summed E-state index contributed by atoms with van der Waals surface area (Å²) < 4.78 is 38.1.